The van der Waals surface area contributed by atoms with Gasteiger partial charge in [-0.3, -0.25) is 9.78 Å². The molecule has 0 fully saturated rings. The molecule has 2 N–H and O–H groups in total. The van der Waals surface area contributed by atoms with Crippen LogP contribution in [0.15, 0.2) is 65.6 Å². The van der Waals surface area contributed by atoms with E-state index in [-0.39, 0.29) is 23.7 Å². The van der Waals surface area contributed by atoms with Gasteiger partial charge >= 0.3 is 5.97 Å². The number of aliphatic hydroxyl groups excluding tert-OH is 1. The summed E-state index contributed by atoms with van der Waals surface area (Å²) in [5.74, 6) is -0.895. The van der Waals surface area contributed by atoms with Crippen molar-refractivity contribution in [3.05, 3.63) is 88.7 Å². The first-order valence-electron chi connectivity index (χ1n) is 11.9. The number of aromatic nitrogens is 1. The number of ether oxygens (including phenoxy) is 1. The smallest absolute Gasteiger partial charge is 0.303 e. The highest BCUT2D eigenvalue weighted by atomic mass is 32.2. The summed E-state index contributed by atoms with van der Waals surface area (Å²) in [6.07, 6.45) is -0.527. The van der Waals surface area contributed by atoms with Crippen molar-refractivity contribution in [3.63, 3.8) is 0 Å². The van der Waals surface area contributed by atoms with Crippen LogP contribution < -0.4 is 4.74 Å². The van der Waals surface area contributed by atoms with E-state index in [1.165, 1.54) is 0 Å². The van der Waals surface area contributed by atoms with Crippen LogP contribution in [0.3, 0.4) is 0 Å². The van der Waals surface area contributed by atoms with Gasteiger partial charge in [-0.15, -0.1) is 0 Å². The van der Waals surface area contributed by atoms with Gasteiger partial charge in [0, 0.05) is 23.4 Å². The maximum Gasteiger partial charge on any atom is 0.303 e. The van der Waals surface area contributed by atoms with Crippen LogP contribution >= 0.6 is 0 Å². The molecular weight excluding hydrogens is 478 g/mol. The lowest BCUT2D eigenvalue weighted by Gasteiger charge is -2.33. The van der Waals surface area contributed by atoms with E-state index >= 15 is 0 Å². The molecule has 8 heteroatoms. The number of sulfone groups is 1. The Labute approximate surface area is 211 Å². The molecule has 2 atom stereocenters. The van der Waals surface area contributed by atoms with E-state index in [0.29, 0.717) is 29.1 Å². The third-order valence-corrected chi connectivity index (χ3v) is 8.77. The van der Waals surface area contributed by atoms with Crippen LogP contribution in [0.2, 0.25) is 0 Å². The lowest BCUT2D eigenvalue weighted by atomic mass is 9.75. The minimum atomic E-state index is -3.56. The van der Waals surface area contributed by atoms with Crippen LogP contribution in [-0.4, -0.2) is 41.4 Å². The predicted octanol–water partition coefficient (Wildman–Crippen LogP) is 4.29. The van der Waals surface area contributed by atoms with E-state index in [2.05, 4.69) is 4.98 Å². The maximum atomic E-state index is 13.1. The Hall–Kier alpha value is -3.23. The van der Waals surface area contributed by atoms with Gasteiger partial charge in [-0.05, 0) is 48.4 Å². The summed E-state index contributed by atoms with van der Waals surface area (Å²) in [7, 11) is -3.56. The zero-order chi connectivity index (χ0) is 26.1. The molecule has 0 radical (unpaired) electrons. The first-order valence-corrected chi connectivity index (χ1v) is 13.5. The summed E-state index contributed by atoms with van der Waals surface area (Å²) >= 11 is 0. The van der Waals surface area contributed by atoms with E-state index in [1.54, 1.807) is 44.2 Å². The lowest BCUT2D eigenvalue weighted by Crippen LogP contribution is -2.38. The van der Waals surface area contributed by atoms with Crippen LogP contribution in [0.1, 0.15) is 54.3 Å². The number of aliphatic hydroxyl groups is 1. The molecule has 0 unspecified atom stereocenters. The van der Waals surface area contributed by atoms with E-state index in [4.69, 9.17) is 9.84 Å². The summed E-state index contributed by atoms with van der Waals surface area (Å²) in [5.41, 5.74) is 2.90. The largest absolute Gasteiger partial charge is 0.487 e. The average molecular weight is 510 g/mol. The van der Waals surface area contributed by atoms with E-state index < -0.39 is 33.2 Å². The van der Waals surface area contributed by atoms with Gasteiger partial charge in [0.1, 0.15) is 12.4 Å². The summed E-state index contributed by atoms with van der Waals surface area (Å²) in [5, 5.41) is 20.3. The van der Waals surface area contributed by atoms with Crippen LogP contribution in [0.25, 0.3) is 0 Å². The quantitative estimate of drug-likeness (QED) is 0.488. The van der Waals surface area contributed by atoms with Gasteiger partial charge in [0.05, 0.1) is 28.9 Å². The van der Waals surface area contributed by atoms with Gasteiger partial charge in [-0.2, -0.15) is 0 Å². The number of fused-ring (bicyclic) bond motifs is 1. The van der Waals surface area contributed by atoms with Crippen LogP contribution in [0.4, 0.5) is 0 Å². The molecule has 0 bridgehead atoms. The Morgan fingerprint density at radius 1 is 1.08 bits per heavy atom. The number of aryl methyl sites for hydroxylation is 2. The molecule has 1 aliphatic rings. The fourth-order valence-corrected chi connectivity index (χ4v) is 6.87. The van der Waals surface area contributed by atoms with Crippen molar-refractivity contribution in [2.75, 3.05) is 5.75 Å². The highest BCUT2D eigenvalue weighted by molar-refractivity contribution is 7.91. The molecule has 3 aromatic rings. The molecule has 190 valence electrons. The van der Waals surface area contributed by atoms with Crippen molar-refractivity contribution < 1.29 is 28.2 Å². The van der Waals surface area contributed by atoms with Crippen molar-refractivity contribution in [1.82, 2.24) is 4.98 Å². The second-order valence-corrected chi connectivity index (χ2v) is 12.0. The third kappa shape index (κ3) is 5.60. The number of rotatable bonds is 7. The SMILES string of the molecule is Cc1ccc2c(c1)[C@@H](c1ccc(OCc3cccc(CCC(=O)O)n3)cc1)[C@@H](O)C(C)(C)CS2(=O)=O. The van der Waals surface area contributed by atoms with Crippen LogP contribution in [-0.2, 0) is 27.7 Å². The second kappa shape index (κ2) is 10.0. The number of hydrogen-bond acceptors (Lipinski definition) is 6. The normalized spacial score (nSPS) is 20.2. The number of carbonyl (C=O) groups is 1. The molecule has 2 aromatic carbocycles. The number of carboxylic acids is 1. The maximum absolute atomic E-state index is 13.1. The number of aliphatic carboxylic acids is 1. The monoisotopic (exact) mass is 509 g/mol. The molecule has 0 aliphatic carbocycles. The molecular formula is C28H31NO6S. The minimum Gasteiger partial charge on any atom is -0.487 e. The predicted molar refractivity (Wildman–Crippen MR) is 136 cm³/mol. The molecule has 4 rings (SSSR count). The van der Waals surface area contributed by atoms with Gasteiger partial charge in [0.15, 0.2) is 9.84 Å². The first-order chi connectivity index (χ1) is 17.0. The number of benzene rings is 2. The molecule has 7 nitrogen and oxygen atoms in total. The van der Waals surface area contributed by atoms with Crippen molar-refractivity contribution in [2.24, 2.45) is 5.41 Å². The molecule has 0 amide bonds. The van der Waals surface area contributed by atoms with Crippen LogP contribution in [0.5, 0.6) is 5.75 Å². The summed E-state index contributed by atoms with van der Waals surface area (Å²) < 4.78 is 32.2. The highest BCUT2D eigenvalue weighted by Crippen LogP contribution is 2.45. The Morgan fingerprint density at radius 2 is 1.78 bits per heavy atom. The molecule has 36 heavy (non-hydrogen) atoms. The second-order valence-electron chi connectivity index (χ2n) is 10.1. The summed E-state index contributed by atoms with van der Waals surface area (Å²) in [4.78, 5) is 15.5. The van der Waals surface area contributed by atoms with Gasteiger partial charge in [-0.1, -0.05) is 49.7 Å². The molecule has 1 aromatic heterocycles. The molecule has 1 aliphatic heterocycles. The van der Waals surface area contributed by atoms with Gasteiger partial charge in [0.25, 0.3) is 0 Å². The van der Waals surface area contributed by atoms with Crippen LogP contribution in [0, 0.1) is 12.3 Å². The van der Waals surface area contributed by atoms with Crippen molar-refractivity contribution >= 4 is 15.8 Å². The third-order valence-electron chi connectivity index (χ3n) is 6.60. The molecule has 0 spiro atoms. The van der Waals surface area contributed by atoms with E-state index in [1.807, 2.05) is 37.3 Å². The van der Waals surface area contributed by atoms with Crippen molar-refractivity contribution in [2.45, 2.75) is 57.1 Å². The zero-order valence-electron chi connectivity index (χ0n) is 20.6. The van der Waals surface area contributed by atoms with E-state index in [9.17, 15) is 18.3 Å². The van der Waals surface area contributed by atoms with Gasteiger partial charge in [0.2, 0.25) is 0 Å². The summed E-state index contributed by atoms with van der Waals surface area (Å²) in [6.45, 7) is 5.71. The van der Waals surface area contributed by atoms with Crippen molar-refractivity contribution in [1.29, 1.82) is 0 Å². The van der Waals surface area contributed by atoms with Crippen molar-refractivity contribution in [3.8, 4) is 5.75 Å². The molecule has 0 saturated carbocycles. The fraction of sp³-hybridized carbons (Fsp3) is 0.357. The number of carboxylic acid groups (broad SMARTS) is 1. The molecule has 0 saturated heterocycles. The number of nitrogens with zero attached hydrogens (tertiary/aromatic N) is 1. The molecule has 2 heterocycles. The Balaban J connectivity index is 1.58. The zero-order valence-corrected chi connectivity index (χ0v) is 21.5. The highest BCUT2D eigenvalue weighted by Gasteiger charge is 2.44. The topological polar surface area (TPSA) is 114 Å². The standard InChI is InChI=1S/C28H31NO6S/c1-18-7-13-24-23(15-18)26(27(32)28(2,3)17-36(24,33)34)19-8-11-22(12-9-19)35-16-21-6-4-5-20(29-21)10-14-25(30)31/h4-9,11-13,15,26-27,32H,10,14,16-17H2,1-3H3,(H,30,31)/t26-,27-/m1/s1. The number of hydrogen-bond donors (Lipinski definition) is 2. The Bertz CT molecular complexity index is 1370. The Kier molecular flexibility index (Phi) is 7.20. The fourth-order valence-electron chi connectivity index (χ4n) is 4.74. The number of pyridine rings is 1. The first kappa shape index (κ1) is 25.9. The van der Waals surface area contributed by atoms with Gasteiger partial charge in [-0.25, -0.2) is 8.42 Å². The van der Waals surface area contributed by atoms with E-state index in [0.717, 1.165) is 11.1 Å². The summed E-state index contributed by atoms with van der Waals surface area (Å²) in [6, 6.07) is 18.1. The average Bonchev–Trinajstić information content (AvgIpc) is 2.87. The Morgan fingerprint density at radius 3 is 2.47 bits per heavy atom. The van der Waals surface area contributed by atoms with Gasteiger partial charge < -0.3 is 14.9 Å². The minimum absolute atomic E-state index is 0.0204. The lowest BCUT2D eigenvalue weighted by molar-refractivity contribution is -0.136.